The van der Waals surface area contributed by atoms with Crippen LogP contribution in [0.4, 0.5) is 0 Å². The highest BCUT2D eigenvalue weighted by Crippen LogP contribution is 2.15. The first-order valence-corrected chi connectivity index (χ1v) is 8.21. The van der Waals surface area contributed by atoms with E-state index in [1.807, 2.05) is 11.8 Å². The molecule has 2 rings (SSSR count). The molecule has 23 heavy (non-hydrogen) atoms. The Balaban J connectivity index is 1.90. The molecule has 1 aromatic carbocycles. The summed E-state index contributed by atoms with van der Waals surface area (Å²) in [5.41, 5.74) is 2.32. The highest BCUT2D eigenvalue weighted by Gasteiger charge is 2.19. The second kappa shape index (κ2) is 8.98. The van der Waals surface area contributed by atoms with Crippen LogP contribution in [0.15, 0.2) is 41.9 Å². The van der Waals surface area contributed by atoms with Crippen molar-refractivity contribution in [2.45, 2.75) is 32.9 Å². The summed E-state index contributed by atoms with van der Waals surface area (Å²) in [5, 5.41) is 6.38. The number of nitrogens with one attached hydrogen (secondary N) is 2. The molecule has 1 aromatic rings. The summed E-state index contributed by atoms with van der Waals surface area (Å²) >= 11 is 0. The zero-order chi connectivity index (χ0) is 16.5. The van der Waals surface area contributed by atoms with Gasteiger partial charge in [-0.3, -0.25) is 4.79 Å². The van der Waals surface area contributed by atoms with Crippen LogP contribution in [0.2, 0.25) is 0 Å². The molecule has 0 aliphatic carbocycles. The molecule has 0 spiro atoms. The predicted molar refractivity (Wildman–Crippen MR) is 94.1 cm³/mol. The Morgan fingerprint density at radius 2 is 2.04 bits per heavy atom. The second-order valence-electron chi connectivity index (χ2n) is 5.60. The Morgan fingerprint density at radius 3 is 2.65 bits per heavy atom. The van der Waals surface area contributed by atoms with Crippen LogP contribution in [0.5, 0.6) is 0 Å². The maximum Gasteiger partial charge on any atom is 0.222 e. The van der Waals surface area contributed by atoms with E-state index in [2.05, 4.69) is 46.5 Å². The van der Waals surface area contributed by atoms with Crippen molar-refractivity contribution in [3.05, 3.63) is 48.0 Å². The fourth-order valence-corrected chi connectivity index (χ4v) is 2.52. The minimum atomic E-state index is 0.266. The van der Waals surface area contributed by atoms with Gasteiger partial charge in [0.05, 0.1) is 6.54 Å². The lowest BCUT2D eigenvalue weighted by Crippen LogP contribution is -2.37. The summed E-state index contributed by atoms with van der Waals surface area (Å²) in [5.74, 6) is 1.06. The van der Waals surface area contributed by atoms with Crippen molar-refractivity contribution >= 4 is 11.9 Å². The lowest BCUT2D eigenvalue weighted by atomic mass is 10.1. The van der Waals surface area contributed by atoms with Gasteiger partial charge in [-0.15, -0.1) is 6.58 Å². The maximum absolute atomic E-state index is 11.7. The van der Waals surface area contributed by atoms with Crippen LogP contribution in [0.25, 0.3) is 0 Å². The van der Waals surface area contributed by atoms with E-state index in [-0.39, 0.29) is 5.91 Å². The number of nitrogens with zero attached hydrogens (tertiary/aromatic N) is 2. The van der Waals surface area contributed by atoms with Gasteiger partial charge in [-0.25, -0.2) is 4.99 Å². The van der Waals surface area contributed by atoms with E-state index in [0.29, 0.717) is 26.1 Å². The average Bonchev–Trinajstić information content (AvgIpc) is 2.96. The zero-order valence-corrected chi connectivity index (χ0v) is 13.8. The molecule has 0 aromatic heterocycles. The summed E-state index contributed by atoms with van der Waals surface area (Å²) < 4.78 is 0. The molecule has 1 fully saturated rings. The molecule has 5 nitrogen and oxygen atoms in total. The van der Waals surface area contributed by atoms with E-state index in [1.54, 1.807) is 6.08 Å². The molecule has 124 valence electrons. The van der Waals surface area contributed by atoms with Gasteiger partial charge in [0.25, 0.3) is 0 Å². The summed E-state index contributed by atoms with van der Waals surface area (Å²) in [4.78, 5) is 18.1. The summed E-state index contributed by atoms with van der Waals surface area (Å²) in [6.07, 6.45) is 3.48. The predicted octanol–water partition coefficient (Wildman–Crippen LogP) is 2.05. The lowest BCUT2D eigenvalue weighted by Gasteiger charge is -2.15. The number of likely N-dealkylation sites (tertiary alicyclic amines) is 1. The van der Waals surface area contributed by atoms with Gasteiger partial charge >= 0.3 is 0 Å². The summed E-state index contributed by atoms with van der Waals surface area (Å²) in [7, 11) is 0. The van der Waals surface area contributed by atoms with Gasteiger partial charge in [-0.05, 0) is 24.5 Å². The van der Waals surface area contributed by atoms with Crippen molar-refractivity contribution in [1.29, 1.82) is 0 Å². The van der Waals surface area contributed by atoms with Gasteiger partial charge < -0.3 is 15.5 Å². The van der Waals surface area contributed by atoms with E-state index in [0.717, 1.165) is 31.0 Å². The van der Waals surface area contributed by atoms with Gasteiger partial charge in [0.2, 0.25) is 5.91 Å². The van der Waals surface area contributed by atoms with Crippen LogP contribution in [0.1, 0.15) is 30.9 Å². The molecule has 1 aliphatic heterocycles. The van der Waals surface area contributed by atoms with E-state index < -0.39 is 0 Å². The molecule has 0 radical (unpaired) electrons. The molecule has 1 heterocycles. The first-order chi connectivity index (χ1) is 11.2. The number of aliphatic imine (C=N–C) groups is 1. The van der Waals surface area contributed by atoms with Crippen molar-refractivity contribution in [2.75, 3.05) is 19.6 Å². The van der Waals surface area contributed by atoms with Crippen molar-refractivity contribution < 1.29 is 4.79 Å². The third kappa shape index (κ3) is 5.43. The quantitative estimate of drug-likeness (QED) is 0.460. The Morgan fingerprint density at radius 1 is 1.30 bits per heavy atom. The van der Waals surface area contributed by atoms with E-state index in [9.17, 15) is 4.79 Å². The monoisotopic (exact) mass is 314 g/mol. The molecule has 5 heteroatoms. The van der Waals surface area contributed by atoms with Crippen molar-refractivity contribution in [3.8, 4) is 0 Å². The second-order valence-corrected chi connectivity index (χ2v) is 5.60. The number of carbonyl (C=O) groups excluding carboxylic acids is 1. The molecule has 1 saturated heterocycles. The molecular weight excluding hydrogens is 288 g/mol. The number of carbonyl (C=O) groups is 1. The largest absolute Gasteiger partial charge is 0.357 e. The molecule has 1 amide bonds. The third-order valence-corrected chi connectivity index (χ3v) is 3.75. The molecular formula is C18H26N4O. The Labute approximate surface area is 138 Å². The van der Waals surface area contributed by atoms with Crippen LogP contribution in [0.3, 0.4) is 0 Å². The van der Waals surface area contributed by atoms with Gasteiger partial charge in [0, 0.05) is 32.6 Å². The van der Waals surface area contributed by atoms with Gasteiger partial charge in [0.15, 0.2) is 5.96 Å². The van der Waals surface area contributed by atoms with Crippen LogP contribution < -0.4 is 10.6 Å². The number of amides is 1. The average molecular weight is 314 g/mol. The van der Waals surface area contributed by atoms with Crippen molar-refractivity contribution in [1.82, 2.24) is 15.5 Å². The zero-order valence-electron chi connectivity index (χ0n) is 13.8. The summed E-state index contributed by atoms with van der Waals surface area (Å²) in [6.45, 7) is 9.47. The standard InChI is InChI=1S/C18H26N4O/c1-3-11-20-18(19-4-2)21-13-15-7-9-16(10-8-15)14-22-12-5-6-17(22)23/h3,7-10H,1,4-6,11-14H2,2H3,(H2,19,20,21). The number of benzene rings is 1. The smallest absolute Gasteiger partial charge is 0.222 e. The number of guanidine groups is 1. The van der Waals surface area contributed by atoms with Crippen LogP contribution in [0, 0.1) is 0 Å². The van der Waals surface area contributed by atoms with E-state index >= 15 is 0 Å². The van der Waals surface area contributed by atoms with Crippen LogP contribution in [-0.2, 0) is 17.9 Å². The highest BCUT2D eigenvalue weighted by atomic mass is 16.2. The Bertz CT molecular complexity index is 551. The Kier molecular flexibility index (Phi) is 6.66. The van der Waals surface area contributed by atoms with Crippen molar-refractivity contribution in [2.24, 2.45) is 4.99 Å². The molecule has 0 unspecified atom stereocenters. The fourth-order valence-electron chi connectivity index (χ4n) is 2.52. The van der Waals surface area contributed by atoms with Crippen LogP contribution >= 0.6 is 0 Å². The normalized spacial score (nSPS) is 14.9. The first-order valence-electron chi connectivity index (χ1n) is 8.21. The van der Waals surface area contributed by atoms with Gasteiger partial charge in [-0.2, -0.15) is 0 Å². The maximum atomic E-state index is 11.7. The first kappa shape index (κ1) is 17.1. The third-order valence-electron chi connectivity index (χ3n) is 3.75. The molecule has 2 N–H and O–H groups in total. The van der Waals surface area contributed by atoms with Gasteiger partial charge in [-0.1, -0.05) is 30.3 Å². The fraction of sp³-hybridized carbons (Fsp3) is 0.444. The molecule has 0 atom stereocenters. The van der Waals surface area contributed by atoms with Crippen molar-refractivity contribution in [3.63, 3.8) is 0 Å². The highest BCUT2D eigenvalue weighted by molar-refractivity contribution is 5.79. The van der Waals surface area contributed by atoms with Gasteiger partial charge in [0.1, 0.15) is 0 Å². The lowest BCUT2D eigenvalue weighted by molar-refractivity contribution is -0.128. The number of rotatable bonds is 7. The molecule has 0 saturated carbocycles. The van der Waals surface area contributed by atoms with Crippen LogP contribution in [-0.4, -0.2) is 36.4 Å². The SMILES string of the molecule is C=CCNC(=NCc1ccc(CN2CCCC2=O)cc1)NCC. The minimum absolute atomic E-state index is 0.266. The van der Waals surface area contributed by atoms with E-state index in [4.69, 9.17) is 0 Å². The molecule has 0 bridgehead atoms. The summed E-state index contributed by atoms with van der Waals surface area (Å²) in [6, 6.07) is 8.33. The minimum Gasteiger partial charge on any atom is -0.357 e. The Hall–Kier alpha value is -2.30. The van der Waals surface area contributed by atoms with E-state index in [1.165, 1.54) is 5.56 Å². The molecule has 1 aliphatic rings. The number of hydrogen-bond donors (Lipinski definition) is 2. The topological polar surface area (TPSA) is 56.7 Å². The number of hydrogen-bond acceptors (Lipinski definition) is 2.